The largest absolute Gasteiger partial charge is 0.310 e. The lowest BCUT2D eigenvalue weighted by Crippen LogP contribution is -2.29. The van der Waals surface area contributed by atoms with Gasteiger partial charge in [0.1, 0.15) is 0 Å². The molecule has 0 heterocycles. The summed E-state index contributed by atoms with van der Waals surface area (Å²) in [6.07, 6.45) is 2.06. The van der Waals surface area contributed by atoms with Crippen LogP contribution in [0.3, 0.4) is 0 Å². The van der Waals surface area contributed by atoms with Crippen molar-refractivity contribution in [2.24, 2.45) is 0 Å². The molecule has 0 aromatic heterocycles. The van der Waals surface area contributed by atoms with Gasteiger partial charge in [0.05, 0.1) is 5.41 Å². The van der Waals surface area contributed by atoms with Gasteiger partial charge in [-0.25, -0.2) is 0 Å². The molecule has 0 aliphatic heterocycles. The number of hydrogen-bond acceptors (Lipinski definition) is 1. The van der Waals surface area contributed by atoms with Crippen LogP contribution in [0, 0.1) is 0 Å². The van der Waals surface area contributed by atoms with Crippen molar-refractivity contribution in [2.45, 2.75) is 24.2 Å². The van der Waals surface area contributed by atoms with Gasteiger partial charge in [-0.1, -0.05) is 182 Å². The van der Waals surface area contributed by atoms with Crippen molar-refractivity contribution < 1.29 is 0 Å². The van der Waals surface area contributed by atoms with Gasteiger partial charge in [0.2, 0.25) is 0 Å². The highest BCUT2D eigenvalue weighted by Gasteiger charge is 2.47. The van der Waals surface area contributed by atoms with Crippen LogP contribution < -0.4 is 4.90 Å². The summed E-state index contributed by atoms with van der Waals surface area (Å²) in [5.74, 6) is 0.349. The molecule has 2 aliphatic carbocycles. The molecular weight excluding hydrogens is 687 g/mol. The molecule has 0 fully saturated rings. The standard InChI is InChI=1S/C56H41N/c1-5-17-39(18-6-1)47-33-30-41-37-45(31-35-48(41)51-28-16-15-27-50(47)51)57(44-24-11-4-12-25-44)46-32-36-52-53-34-29-40-19-13-14-26-49(40)55(53)56(54(52)38-46,42-20-7-2-8-21-42)43-22-9-3-10-23-43/h1-29,31-32,34-38,47H,30,33H2. The lowest BCUT2D eigenvalue weighted by molar-refractivity contribution is 0.726. The summed E-state index contributed by atoms with van der Waals surface area (Å²) in [6.45, 7) is 0. The smallest absolute Gasteiger partial charge is 0.0720 e. The summed E-state index contributed by atoms with van der Waals surface area (Å²) in [5, 5.41) is 2.55. The average Bonchev–Trinajstić information content (AvgIpc) is 3.48. The molecule has 0 saturated heterocycles. The minimum absolute atomic E-state index is 0.349. The van der Waals surface area contributed by atoms with Crippen molar-refractivity contribution in [1.29, 1.82) is 0 Å². The van der Waals surface area contributed by atoms with Crippen LogP contribution in [0.5, 0.6) is 0 Å². The second-order valence-electron chi connectivity index (χ2n) is 15.5. The fourth-order valence-electron chi connectivity index (χ4n) is 10.1. The molecule has 1 atom stereocenters. The third kappa shape index (κ3) is 5.30. The molecule has 0 radical (unpaired) electrons. The SMILES string of the molecule is c1ccc(C2CCc3cc(N(c4ccccc4)c4ccc5c(c4)C(c4ccccc4)(c4ccccc4)c4c-5ccc5ccccc45)ccc3-c3ccccc32)cc1. The van der Waals surface area contributed by atoms with E-state index >= 15 is 0 Å². The van der Waals surface area contributed by atoms with Crippen molar-refractivity contribution in [3.05, 3.63) is 257 Å². The highest BCUT2D eigenvalue weighted by molar-refractivity contribution is 6.01. The van der Waals surface area contributed by atoms with Gasteiger partial charge < -0.3 is 4.90 Å². The third-order valence-electron chi connectivity index (χ3n) is 12.6. The van der Waals surface area contributed by atoms with Crippen molar-refractivity contribution in [2.75, 3.05) is 4.90 Å². The van der Waals surface area contributed by atoms with Crippen LogP contribution in [0.15, 0.2) is 218 Å². The first-order valence-electron chi connectivity index (χ1n) is 20.2. The summed E-state index contributed by atoms with van der Waals surface area (Å²) in [6, 6.07) is 81.3. The Kier molecular flexibility index (Phi) is 8.00. The van der Waals surface area contributed by atoms with Gasteiger partial charge in [-0.2, -0.15) is 0 Å². The molecule has 9 aromatic rings. The van der Waals surface area contributed by atoms with E-state index in [0.717, 1.165) is 24.2 Å². The van der Waals surface area contributed by atoms with E-state index in [-0.39, 0.29) is 0 Å². The van der Waals surface area contributed by atoms with Crippen molar-refractivity contribution >= 4 is 27.8 Å². The quantitative estimate of drug-likeness (QED) is 0.165. The third-order valence-corrected chi connectivity index (χ3v) is 12.6. The zero-order chi connectivity index (χ0) is 37.8. The zero-order valence-electron chi connectivity index (χ0n) is 31.7. The van der Waals surface area contributed by atoms with Crippen molar-refractivity contribution in [3.8, 4) is 22.3 Å². The maximum atomic E-state index is 2.49. The zero-order valence-corrected chi connectivity index (χ0v) is 31.7. The monoisotopic (exact) mass is 727 g/mol. The first kappa shape index (κ1) is 33.4. The number of hydrogen-bond donors (Lipinski definition) is 0. The molecule has 1 unspecified atom stereocenters. The Morgan fingerprint density at radius 1 is 0.421 bits per heavy atom. The molecule has 0 saturated carbocycles. The number of nitrogens with zero attached hydrogens (tertiary/aromatic N) is 1. The summed E-state index contributed by atoms with van der Waals surface area (Å²) < 4.78 is 0. The van der Waals surface area contributed by atoms with Crippen LogP contribution >= 0.6 is 0 Å². The summed E-state index contributed by atoms with van der Waals surface area (Å²) in [4.78, 5) is 2.47. The van der Waals surface area contributed by atoms with Gasteiger partial charge >= 0.3 is 0 Å². The van der Waals surface area contributed by atoms with Crippen LogP contribution in [0.2, 0.25) is 0 Å². The molecule has 0 bridgehead atoms. The Morgan fingerprint density at radius 2 is 1.00 bits per heavy atom. The maximum Gasteiger partial charge on any atom is 0.0720 e. The van der Waals surface area contributed by atoms with Crippen LogP contribution in [0.1, 0.15) is 51.3 Å². The highest BCUT2D eigenvalue weighted by atomic mass is 15.1. The van der Waals surface area contributed by atoms with Crippen molar-refractivity contribution in [3.63, 3.8) is 0 Å². The van der Waals surface area contributed by atoms with Gasteiger partial charge in [0, 0.05) is 23.0 Å². The average molecular weight is 728 g/mol. The van der Waals surface area contributed by atoms with E-state index in [0.29, 0.717) is 5.92 Å². The first-order valence-corrected chi connectivity index (χ1v) is 20.2. The van der Waals surface area contributed by atoms with Crippen LogP contribution in [0.25, 0.3) is 33.0 Å². The molecule has 0 amide bonds. The minimum Gasteiger partial charge on any atom is -0.310 e. The van der Waals surface area contributed by atoms with E-state index in [1.807, 2.05) is 0 Å². The fraction of sp³-hybridized carbons (Fsp3) is 0.0714. The summed E-state index contributed by atoms with van der Waals surface area (Å²) in [5.41, 5.74) is 17.6. The number of fused-ring (bicyclic) bond motifs is 8. The number of benzene rings is 9. The van der Waals surface area contributed by atoms with E-state index in [9.17, 15) is 0 Å². The van der Waals surface area contributed by atoms with E-state index < -0.39 is 5.41 Å². The molecule has 1 heteroatoms. The van der Waals surface area contributed by atoms with Crippen LogP contribution in [0.4, 0.5) is 17.1 Å². The minimum atomic E-state index is -0.531. The normalized spacial score (nSPS) is 14.8. The Hall–Kier alpha value is -6.96. The predicted molar refractivity (Wildman–Crippen MR) is 238 cm³/mol. The van der Waals surface area contributed by atoms with E-state index in [4.69, 9.17) is 0 Å². The van der Waals surface area contributed by atoms with Gasteiger partial charge in [-0.05, 0) is 121 Å². The lowest BCUT2D eigenvalue weighted by Gasteiger charge is -2.35. The summed E-state index contributed by atoms with van der Waals surface area (Å²) >= 11 is 0. The topological polar surface area (TPSA) is 3.24 Å². The maximum absolute atomic E-state index is 2.49. The molecular formula is C56H41N. The molecule has 2 aliphatic rings. The lowest BCUT2D eigenvalue weighted by atomic mass is 9.66. The second-order valence-corrected chi connectivity index (χ2v) is 15.5. The molecule has 57 heavy (non-hydrogen) atoms. The van der Waals surface area contributed by atoms with Gasteiger partial charge in [-0.15, -0.1) is 0 Å². The van der Waals surface area contributed by atoms with Crippen molar-refractivity contribution in [1.82, 2.24) is 0 Å². The number of rotatable bonds is 6. The Labute approximate surface area is 335 Å². The number of aryl methyl sites for hydroxylation is 1. The second kappa shape index (κ2) is 13.7. The van der Waals surface area contributed by atoms with Gasteiger partial charge in [0.15, 0.2) is 0 Å². The Balaban J connectivity index is 1.13. The molecule has 11 rings (SSSR count). The molecule has 1 nitrogen and oxygen atoms in total. The van der Waals surface area contributed by atoms with Gasteiger partial charge in [0.25, 0.3) is 0 Å². The molecule has 0 N–H and O–H groups in total. The van der Waals surface area contributed by atoms with E-state index in [2.05, 4.69) is 223 Å². The first-order chi connectivity index (χ1) is 28.3. The molecule has 270 valence electrons. The Morgan fingerprint density at radius 3 is 1.74 bits per heavy atom. The highest BCUT2D eigenvalue weighted by Crippen LogP contribution is 2.59. The number of para-hydroxylation sites is 1. The van der Waals surface area contributed by atoms with Gasteiger partial charge in [-0.3, -0.25) is 0 Å². The number of anilines is 3. The predicted octanol–water partition coefficient (Wildman–Crippen LogP) is 14.4. The van der Waals surface area contributed by atoms with E-state index in [1.54, 1.807) is 0 Å². The molecule has 9 aromatic carbocycles. The van der Waals surface area contributed by atoms with Crippen LogP contribution in [-0.4, -0.2) is 0 Å². The molecule has 0 spiro atoms. The van der Waals surface area contributed by atoms with E-state index in [1.165, 1.54) is 77.7 Å². The summed E-state index contributed by atoms with van der Waals surface area (Å²) in [7, 11) is 0. The fourth-order valence-corrected chi connectivity index (χ4v) is 10.1. The Bertz CT molecular complexity index is 2860. The van der Waals surface area contributed by atoms with Crippen LogP contribution in [-0.2, 0) is 11.8 Å².